The first kappa shape index (κ1) is 18.7. The van der Waals surface area contributed by atoms with Crippen molar-refractivity contribution in [3.63, 3.8) is 0 Å². The van der Waals surface area contributed by atoms with Gasteiger partial charge in [0.15, 0.2) is 25.5 Å². The Morgan fingerprint density at radius 1 is 1.12 bits per heavy atom. The van der Waals surface area contributed by atoms with Gasteiger partial charge in [-0.1, -0.05) is 20.8 Å². The highest BCUT2D eigenvalue weighted by Gasteiger charge is 2.36. The number of pyridine rings is 1. The second-order valence-corrected chi connectivity index (χ2v) is 13.0. The minimum absolute atomic E-state index is 0.250. The summed E-state index contributed by atoms with van der Waals surface area (Å²) in [5, 5.41) is 1.25. The van der Waals surface area contributed by atoms with Gasteiger partial charge in [0.05, 0.1) is 6.20 Å². The van der Waals surface area contributed by atoms with Crippen molar-refractivity contribution in [2.75, 3.05) is 6.61 Å². The van der Waals surface area contributed by atoms with Crippen molar-refractivity contribution in [3.8, 4) is 11.6 Å². The van der Waals surface area contributed by atoms with E-state index in [4.69, 9.17) is 8.84 Å². The predicted octanol–water partition coefficient (Wildman–Crippen LogP) is 5.24. The van der Waals surface area contributed by atoms with Gasteiger partial charge in [0.25, 0.3) is 0 Å². The second-order valence-electron chi connectivity index (χ2n) is 8.15. The average Bonchev–Trinajstić information content (AvgIpc) is 3.02. The minimum atomic E-state index is -1.66. The second kappa shape index (κ2) is 7.29. The molecule has 0 atom stereocenters. The molecule has 26 heavy (non-hydrogen) atoms. The van der Waals surface area contributed by atoms with Gasteiger partial charge in [0.1, 0.15) is 0 Å². The lowest BCUT2D eigenvalue weighted by atomic mass is 10.2. The summed E-state index contributed by atoms with van der Waals surface area (Å²) < 4.78 is 12.0. The third-order valence-electron chi connectivity index (χ3n) is 5.13. The van der Waals surface area contributed by atoms with Crippen LogP contribution in [0, 0.1) is 0 Å². The van der Waals surface area contributed by atoms with Crippen molar-refractivity contribution in [2.24, 2.45) is 0 Å². The van der Waals surface area contributed by atoms with Crippen LogP contribution >= 0.6 is 0 Å². The molecule has 3 aromatic rings. The number of fused-ring (bicyclic) bond motifs is 1. The molecule has 0 aliphatic heterocycles. The van der Waals surface area contributed by atoms with Gasteiger partial charge >= 0.3 is 0 Å². The molecule has 0 fully saturated rings. The van der Waals surface area contributed by atoms with E-state index in [9.17, 15) is 0 Å². The number of aromatic nitrogens is 3. The van der Waals surface area contributed by atoms with Crippen LogP contribution in [0.4, 0.5) is 0 Å². The topological polar surface area (TPSA) is 61.0 Å². The van der Waals surface area contributed by atoms with Crippen LogP contribution in [0.15, 0.2) is 41.3 Å². The Kier molecular flexibility index (Phi) is 5.25. The molecule has 0 bridgehead atoms. The lowest BCUT2D eigenvalue weighted by Crippen LogP contribution is -2.41. The minimum Gasteiger partial charge on any atom is -0.451 e. The molecule has 0 saturated heterocycles. The van der Waals surface area contributed by atoms with Crippen LogP contribution in [-0.2, 0) is 10.8 Å². The smallest absolute Gasteiger partial charge is 0.195 e. The first-order valence-electron chi connectivity index (χ1n) is 9.05. The number of hydrogen-bond acceptors (Lipinski definition) is 5. The Bertz CT molecular complexity index is 834. The zero-order valence-electron chi connectivity index (χ0n) is 16.2. The lowest BCUT2D eigenvalue weighted by molar-refractivity contribution is 0.282. The van der Waals surface area contributed by atoms with Gasteiger partial charge in [-0.05, 0) is 48.7 Å². The predicted molar refractivity (Wildman–Crippen MR) is 107 cm³/mol. The largest absolute Gasteiger partial charge is 0.451 e. The van der Waals surface area contributed by atoms with Crippen molar-refractivity contribution in [1.82, 2.24) is 15.0 Å². The monoisotopic (exact) mass is 369 g/mol. The van der Waals surface area contributed by atoms with E-state index in [-0.39, 0.29) is 5.04 Å². The molecule has 3 heterocycles. The van der Waals surface area contributed by atoms with Crippen molar-refractivity contribution in [1.29, 1.82) is 0 Å². The Hall–Kier alpha value is -2.05. The maximum Gasteiger partial charge on any atom is 0.195 e. The molecule has 3 aromatic heterocycles. The molecular weight excluding hydrogens is 342 g/mol. The average molecular weight is 370 g/mol. The number of rotatable bonds is 6. The fraction of sp³-hybridized carbons (Fsp3) is 0.450. The molecule has 0 amide bonds. The van der Waals surface area contributed by atoms with Gasteiger partial charge in [-0.25, -0.2) is 9.97 Å². The van der Waals surface area contributed by atoms with Gasteiger partial charge in [0.2, 0.25) is 0 Å². The van der Waals surface area contributed by atoms with E-state index in [2.05, 4.69) is 48.8 Å². The molecular formula is C20H27N3O2Si. The maximum atomic E-state index is 6.22. The van der Waals surface area contributed by atoms with Gasteiger partial charge in [-0.3, -0.25) is 4.98 Å². The van der Waals surface area contributed by atoms with Crippen LogP contribution in [0.5, 0.6) is 0 Å². The van der Waals surface area contributed by atoms with Crippen LogP contribution in [0.2, 0.25) is 18.1 Å². The van der Waals surface area contributed by atoms with Gasteiger partial charge in [0, 0.05) is 30.6 Å². The number of nitrogens with zero attached hydrogens (tertiary/aromatic N) is 3. The van der Waals surface area contributed by atoms with Crippen LogP contribution < -0.4 is 0 Å². The van der Waals surface area contributed by atoms with Gasteiger partial charge in [-0.15, -0.1) is 0 Å². The molecule has 3 rings (SSSR count). The highest BCUT2D eigenvalue weighted by atomic mass is 28.4. The molecule has 138 valence electrons. The lowest BCUT2D eigenvalue weighted by Gasteiger charge is -2.36. The highest BCUT2D eigenvalue weighted by molar-refractivity contribution is 6.74. The summed E-state index contributed by atoms with van der Waals surface area (Å²) >= 11 is 0. The summed E-state index contributed by atoms with van der Waals surface area (Å²) in [6, 6.07) is 3.86. The van der Waals surface area contributed by atoms with Crippen LogP contribution in [0.3, 0.4) is 0 Å². The SMILES string of the molecule is CC(C)(C)[Si](C)(C)OCCCc1cnc(-c2cc3ccncc3o2)nc1. The Morgan fingerprint density at radius 3 is 2.50 bits per heavy atom. The molecule has 0 N–H and O–H groups in total. The Balaban J connectivity index is 1.56. The van der Waals surface area contributed by atoms with E-state index in [1.807, 2.05) is 24.5 Å². The van der Waals surface area contributed by atoms with Gasteiger partial charge in [-0.2, -0.15) is 0 Å². The fourth-order valence-corrected chi connectivity index (χ4v) is 3.51. The first-order chi connectivity index (χ1) is 12.3. The third-order valence-corrected chi connectivity index (χ3v) is 9.67. The fourth-order valence-electron chi connectivity index (χ4n) is 2.43. The molecule has 0 aliphatic carbocycles. The Labute approximate surface area is 156 Å². The van der Waals surface area contributed by atoms with E-state index in [1.165, 1.54) is 0 Å². The Morgan fingerprint density at radius 2 is 1.85 bits per heavy atom. The molecule has 0 aliphatic rings. The summed E-state index contributed by atoms with van der Waals surface area (Å²) in [5.41, 5.74) is 1.86. The molecule has 0 spiro atoms. The summed E-state index contributed by atoms with van der Waals surface area (Å²) in [6.45, 7) is 12.1. The van der Waals surface area contributed by atoms with Crippen molar-refractivity contribution in [3.05, 3.63) is 42.5 Å². The van der Waals surface area contributed by atoms with Crippen molar-refractivity contribution >= 4 is 19.3 Å². The van der Waals surface area contributed by atoms with E-state index in [0.29, 0.717) is 11.6 Å². The number of hydrogen-bond donors (Lipinski definition) is 0. The number of aryl methyl sites for hydroxylation is 1. The van der Waals surface area contributed by atoms with E-state index >= 15 is 0 Å². The zero-order valence-corrected chi connectivity index (χ0v) is 17.2. The third kappa shape index (κ3) is 4.19. The molecule has 0 aromatic carbocycles. The summed E-state index contributed by atoms with van der Waals surface area (Å²) in [7, 11) is -1.66. The molecule has 0 unspecified atom stereocenters. The molecule has 5 nitrogen and oxygen atoms in total. The normalized spacial score (nSPS) is 12.7. The van der Waals surface area contributed by atoms with Crippen LogP contribution in [0.1, 0.15) is 32.8 Å². The zero-order chi connectivity index (χ0) is 18.8. The quantitative estimate of drug-likeness (QED) is 0.439. The molecule has 0 saturated carbocycles. The first-order valence-corrected chi connectivity index (χ1v) is 12.0. The maximum absolute atomic E-state index is 6.22. The number of furan rings is 1. The summed E-state index contributed by atoms with van der Waals surface area (Å²) in [5.74, 6) is 1.27. The van der Waals surface area contributed by atoms with E-state index < -0.39 is 8.32 Å². The molecule has 6 heteroatoms. The standard InChI is InChI=1S/C20H27N3O2Si/c1-20(2,3)26(4,5)24-10-6-7-15-12-22-19(23-13-15)17-11-16-8-9-21-14-18(16)25-17/h8-9,11-14H,6-7,10H2,1-5H3. The van der Waals surface area contributed by atoms with E-state index in [1.54, 1.807) is 12.4 Å². The summed E-state index contributed by atoms with van der Waals surface area (Å²) in [6.07, 6.45) is 9.09. The van der Waals surface area contributed by atoms with Crippen LogP contribution in [-0.4, -0.2) is 29.9 Å². The highest BCUT2D eigenvalue weighted by Crippen LogP contribution is 2.36. The summed E-state index contributed by atoms with van der Waals surface area (Å²) in [4.78, 5) is 13.0. The van der Waals surface area contributed by atoms with Crippen molar-refractivity contribution in [2.45, 2.75) is 51.7 Å². The van der Waals surface area contributed by atoms with Crippen LogP contribution in [0.25, 0.3) is 22.6 Å². The molecule has 0 radical (unpaired) electrons. The van der Waals surface area contributed by atoms with E-state index in [0.717, 1.165) is 36.0 Å². The van der Waals surface area contributed by atoms with Crippen molar-refractivity contribution < 1.29 is 8.84 Å². The van der Waals surface area contributed by atoms with Gasteiger partial charge < -0.3 is 8.84 Å².